The van der Waals surface area contributed by atoms with Gasteiger partial charge in [0.25, 0.3) is 11.8 Å². The number of carbonyl (C=O) groups excluding carboxylic acids is 2. The van der Waals surface area contributed by atoms with Gasteiger partial charge in [-0.2, -0.15) is 13.2 Å². The number of aromatic nitrogens is 6. The monoisotopic (exact) mass is 768 g/mol. The summed E-state index contributed by atoms with van der Waals surface area (Å²) in [6.07, 6.45) is 0.113. The molecule has 2 aliphatic heterocycles. The van der Waals surface area contributed by atoms with Crippen molar-refractivity contribution in [3.63, 3.8) is 0 Å². The van der Waals surface area contributed by atoms with E-state index in [4.69, 9.17) is 0 Å². The van der Waals surface area contributed by atoms with Crippen molar-refractivity contribution < 1.29 is 22.8 Å². The first kappa shape index (κ1) is 32.1. The molecule has 0 bridgehead atoms. The number of benzene rings is 2. The Bertz CT molecular complexity index is 2210. The summed E-state index contributed by atoms with van der Waals surface area (Å²) < 4.78 is 44.9. The molecule has 2 aromatic carbocycles. The maximum absolute atomic E-state index is 14.2. The molecule has 0 spiro atoms. The van der Waals surface area contributed by atoms with Gasteiger partial charge in [-0.15, -0.1) is 10.2 Å². The highest BCUT2D eigenvalue weighted by Crippen LogP contribution is 2.50. The molecule has 3 unspecified atom stereocenters. The molecule has 10 nitrogen and oxygen atoms in total. The number of likely N-dealkylation sites (tertiary alicyclic amines) is 2. The van der Waals surface area contributed by atoms with E-state index in [9.17, 15) is 22.8 Å². The van der Waals surface area contributed by atoms with Gasteiger partial charge in [0.2, 0.25) is 10.0 Å². The third-order valence-corrected chi connectivity index (χ3v) is 12.0. The van der Waals surface area contributed by atoms with Gasteiger partial charge in [0.05, 0.1) is 30.0 Å². The average Bonchev–Trinajstić information content (AvgIpc) is 3.93. The Hall–Kier alpha value is -4.15. The van der Waals surface area contributed by atoms with Crippen LogP contribution in [0.2, 0.25) is 0 Å². The van der Waals surface area contributed by atoms with Crippen LogP contribution in [0.25, 0.3) is 9.66 Å². The number of nitrogens with zero attached hydrogens (tertiary/aromatic N) is 8. The van der Waals surface area contributed by atoms with Crippen LogP contribution < -0.4 is 0 Å². The van der Waals surface area contributed by atoms with Gasteiger partial charge < -0.3 is 9.80 Å². The predicted octanol–water partition coefficient (Wildman–Crippen LogP) is 7.40. The van der Waals surface area contributed by atoms with E-state index in [1.165, 1.54) is 34.8 Å². The molecule has 252 valence electrons. The van der Waals surface area contributed by atoms with E-state index in [-0.39, 0.29) is 29.7 Å². The Morgan fingerprint density at radius 1 is 0.816 bits per heavy atom. The highest BCUT2D eigenvalue weighted by Gasteiger charge is 2.48. The van der Waals surface area contributed by atoms with E-state index < -0.39 is 17.8 Å². The molecule has 16 heteroatoms. The molecule has 0 aliphatic carbocycles. The zero-order valence-electron chi connectivity index (χ0n) is 26.1. The van der Waals surface area contributed by atoms with Gasteiger partial charge in [-0.05, 0) is 73.9 Å². The second-order valence-electron chi connectivity index (χ2n) is 12.5. The van der Waals surface area contributed by atoms with Crippen LogP contribution in [-0.4, -0.2) is 63.9 Å². The minimum atomic E-state index is -4.49. The number of rotatable bonds is 5. The Kier molecular flexibility index (Phi) is 7.87. The molecule has 49 heavy (non-hydrogen) atoms. The number of fused-ring (bicyclic) bond motifs is 2. The van der Waals surface area contributed by atoms with Gasteiger partial charge in [0.1, 0.15) is 21.3 Å². The van der Waals surface area contributed by atoms with Crippen LogP contribution in [0.15, 0.2) is 65.4 Å². The Labute approximate surface area is 294 Å². The fourth-order valence-electron chi connectivity index (χ4n) is 7.29. The standard InChI is InChI=1S/C33H28BrF3N8O2S2/c1-17-38-14-26-44(17)40-29(48-26)31(46)42-12-11-24(28(42)20-3-7-22(8-4-20)33(35,36)37)21-13-25(19-5-9-23(34)10-6-19)43(16-21)32(47)30-41-45-18(2)39-15-27(45)49-30/h3-10,14-15,21,24-25,28H,11-13,16H2,1-2H3/t21?,24?,25-,28?/m1/s1. The largest absolute Gasteiger partial charge is 0.416 e. The highest BCUT2D eigenvalue weighted by atomic mass is 79.9. The van der Waals surface area contributed by atoms with Crippen LogP contribution in [0.3, 0.4) is 0 Å². The number of hydrogen-bond acceptors (Lipinski definition) is 8. The first-order valence-corrected chi connectivity index (χ1v) is 18.1. The predicted molar refractivity (Wildman–Crippen MR) is 181 cm³/mol. The summed E-state index contributed by atoms with van der Waals surface area (Å²) in [7, 11) is 0. The zero-order valence-corrected chi connectivity index (χ0v) is 29.4. The summed E-state index contributed by atoms with van der Waals surface area (Å²) in [5, 5.41) is 9.75. The van der Waals surface area contributed by atoms with E-state index in [0.717, 1.165) is 31.8 Å². The summed E-state index contributed by atoms with van der Waals surface area (Å²) in [5.41, 5.74) is 0.841. The van der Waals surface area contributed by atoms with Gasteiger partial charge in [0, 0.05) is 17.6 Å². The first-order valence-electron chi connectivity index (χ1n) is 15.6. The van der Waals surface area contributed by atoms with Crippen LogP contribution >= 0.6 is 38.6 Å². The lowest BCUT2D eigenvalue weighted by Gasteiger charge is -2.31. The van der Waals surface area contributed by atoms with E-state index in [0.29, 0.717) is 53.2 Å². The normalized spacial score (nSPS) is 21.4. The van der Waals surface area contributed by atoms with Crippen LogP contribution in [0.1, 0.15) is 72.9 Å². The Morgan fingerprint density at radius 3 is 1.92 bits per heavy atom. The first-order chi connectivity index (χ1) is 23.5. The molecule has 4 atom stereocenters. The zero-order chi connectivity index (χ0) is 34.2. The Morgan fingerprint density at radius 2 is 1.37 bits per heavy atom. The molecule has 2 fully saturated rings. The summed E-state index contributed by atoms with van der Waals surface area (Å²) in [5.74, 6) is 0.678. The number of alkyl halides is 3. The number of carbonyl (C=O) groups is 2. The van der Waals surface area contributed by atoms with Crippen molar-refractivity contribution in [2.45, 2.75) is 44.9 Å². The second-order valence-corrected chi connectivity index (χ2v) is 15.4. The molecule has 4 aromatic heterocycles. The van der Waals surface area contributed by atoms with Crippen molar-refractivity contribution in [3.8, 4) is 0 Å². The summed E-state index contributed by atoms with van der Waals surface area (Å²) >= 11 is 6.03. The third kappa shape index (κ3) is 5.62. The van der Waals surface area contributed by atoms with Crippen molar-refractivity contribution in [2.24, 2.45) is 11.8 Å². The average molecular weight is 770 g/mol. The van der Waals surface area contributed by atoms with Crippen LogP contribution in [0.4, 0.5) is 13.2 Å². The molecule has 2 amide bonds. The number of aryl methyl sites for hydroxylation is 2. The second kappa shape index (κ2) is 12.0. The molecule has 0 radical (unpaired) electrons. The summed E-state index contributed by atoms with van der Waals surface area (Å²) in [6.45, 7) is 4.44. The summed E-state index contributed by atoms with van der Waals surface area (Å²) in [4.78, 5) is 42.0. The molecule has 6 heterocycles. The molecule has 0 N–H and O–H groups in total. The lowest BCUT2D eigenvalue weighted by atomic mass is 9.81. The Balaban J connectivity index is 1.16. The maximum atomic E-state index is 14.2. The van der Waals surface area contributed by atoms with Gasteiger partial charge in [0.15, 0.2) is 0 Å². The molecule has 0 saturated carbocycles. The highest BCUT2D eigenvalue weighted by molar-refractivity contribution is 9.10. The molecule has 2 saturated heterocycles. The lowest BCUT2D eigenvalue weighted by Crippen LogP contribution is -2.35. The van der Waals surface area contributed by atoms with Crippen LogP contribution in [0.5, 0.6) is 0 Å². The number of halogens is 4. The van der Waals surface area contributed by atoms with Crippen LogP contribution in [0, 0.1) is 25.7 Å². The molecule has 8 rings (SSSR count). The van der Waals surface area contributed by atoms with E-state index in [1.807, 2.05) is 36.1 Å². The third-order valence-electron chi connectivity index (χ3n) is 9.64. The molecule has 6 aromatic rings. The van der Waals surface area contributed by atoms with Gasteiger partial charge in [-0.3, -0.25) is 9.59 Å². The molecular formula is C33H28BrF3N8O2S2. The van der Waals surface area contributed by atoms with Gasteiger partial charge in [-0.1, -0.05) is 62.9 Å². The van der Waals surface area contributed by atoms with Gasteiger partial charge in [-0.25, -0.2) is 19.0 Å². The van der Waals surface area contributed by atoms with Crippen molar-refractivity contribution in [1.82, 2.24) is 39.0 Å². The van der Waals surface area contributed by atoms with Crippen molar-refractivity contribution in [3.05, 3.63) is 104 Å². The minimum Gasteiger partial charge on any atom is -0.329 e. The summed E-state index contributed by atoms with van der Waals surface area (Å²) in [6, 6.07) is 12.2. The van der Waals surface area contributed by atoms with E-state index >= 15 is 0 Å². The van der Waals surface area contributed by atoms with E-state index in [1.54, 1.807) is 33.2 Å². The maximum Gasteiger partial charge on any atom is 0.416 e. The van der Waals surface area contributed by atoms with Gasteiger partial charge >= 0.3 is 6.18 Å². The quantitative estimate of drug-likeness (QED) is 0.181. The fraction of sp³-hybridized carbons (Fsp3) is 0.333. The van der Waals surface area contributed by atoms with Crippen molar-refractivity contribution in [2.75, 3.05) is 13.1 Å². The SMILES string of the molecule is Cc1ncc2sc(C(=O)N3CCC(C4C[C@H](c5ccc(Br)cc5)N(C(=O)c5nn6c(C)ncc6s5)C4)C3c3ccc(C(F)(F)F)cc3)nn12. The van der Waals surface area contributed by atoms with Crippen molar-refractivity contribution in [1.29, 1.82) is 0 Å². The van der Waals surface area contributed by atoms with Crippen molar-refractivity contribution >= 4 is 60.1 Å². The molecular weight excluding hydrogens is 741 g/mol. The smallest absolute Gasteiger partial charge is 0.329 e. The minimum absolute atomic E-state index is 0.0598. The molecule has 2 aliphatic rings. The van der Waals surface area contributed by atoms with Crippen LogP contribution in [-0.2, 0) is 6.18 Å². The topological polar surface area (TPSA) is 101 Å². The number of amides is 2. The number of hydrogen-bond donors (Lipinski definition) is 0. The fourth-order valence-corrected chi connectivity index (χ4v) is 9.34. The number of imidazole rings is 2. The van der Waals surface area contributed by atoms with E-state index in [2.05, 4.69) is 36.1 Å². The lowest BCUT2D eigenvalue weighted by molar-refractivity contribution is -0.137.